The van der Waals surface area contributed by atoms with E-state index in [1.54, 1.807) is 25.1 Å². The van der Waals surface area contributed by atoms with Gasteiger partial charge in [-0.25, -0.2) is 0 Å². The molecule has 0 saturated heterocycles. The fraction of sp³-hybridized carbons (Fsp3) is 0.263. The number of methoxy groups -OCH3 is 1. The molecule has 2 aromatic heterocycles. The molecule has 0 bridgehead atoms. The first-order valence-corrected chi connectivity index (χ1v) is 9.02. The van der Waals surface area contributed by atoms with Gasteiger partial charge in [-0.1, -0.05) is 35.5 Å². The van der Waals surface area contributed by atoms with Crippen LogP contribution in [0.15, 0.2) is 63.9 Å². The van der Waals surface area contributed by atoms with Gasteiger partial charge in [0.2, 0.25) is 0 Å². The minimum atomic E-state index is 0.587. The third kappa shape index (κ3) is 4.33. The standard InChI is InChI=1S/C19H21N3O2S/c1-14(2)9-11-25-19-21-20-18(15-6-4-7-16(12-15)23-3)22(19)13-17-8-5-10-24-17/h4-10,12H,11,13H2,1-3H3. The Balaban J connectivity index is 1.96. The summed E-state index contributed by atoms with van der Waals surface area (Å²) in [5.41, 5.74) is 2.25. The lowest BCUT2D eigenvalue weighted by Crippen LogP contribution is -2.03. The highest BCUT2D eigenvalue weighted by molar-refractivity contribution is 7.99. The van der Waals surface area contributed by atoms with Gasteiger partial charge in [0.05, 0.1) is 19.9 Å². The lowest BCUT2D eigenvalue weighted by Gasteiger charge is -2.09. The van der Waals surface area contributed by atoms with E-state index in [-0.39, 0.29) is 0 Å². The molecule has 0 aliphatic carbocycles. The highest BCUT2D eigenvalue weighted by atomic mass is 32.2. The molecule has 3 rings (SSSR count). The van der Waals surface area contributed by atoms with Crippen molar-refractivity contribution in [1.29, 1.82) is 0 Å². The predicted molar refractivity (Wildman–Crippen MR) is 100.0 cm³/mol. The first-order valence-electron chi connectivity index (χ1n) is 8.03. The molecule has 130 valence electrons. The van der Waals surface area contributed by atoms with Crippen LogP contribution in [0.4, 0.5) is 0 Å². The van der Waals surface area contributed by atoms with Gasteiger partial charge in [-0.05, 0) is 38.1 Å². The van der Waals surface area contributed by atoms with E-state index >= 15 is 0 Å². The summed E-state index contributed by atoms with van der Waals surface area (Å²) in [5, 5.41) is 9.67. The first-order chi connectivity index (χ1) is 12.2. The fourth-order valence-electron chi connectivity index (χ4n) is 2.35. The SMILES string of the molecule is COc1cccc(-c2nnc(SCC=C(C)C)n2Cc2ccco2)c1. The molecule has 0 N–H and O–H groups in total. The summed E-state index contributed by atoms with van der Waals surface area (Å²) in [6.07, 6.45) is 3.86. The highest BCUT2D eigenvalue weighted by Gasteiger charge is 2.16. The van der Waals surface area contributed by atoms with Crippen molar-refractivity contribution >= 4 is 11.8 Å². The Morgan fingerprint density at radius 3 is 2.84 bits per heavy atom. The van der Waals surface area contributed by atoms with Crippen molar-refractivity contribution < 1.29 is 9.15 Å². The van der Waals surface area contributed by atoms with Crippen molar-refractivity contribution in [3.63, 3.8) is 0 Å². The molecule has 0 saturated carbocycles. The molecule has 0 aliphatic heterocycles. The van der Waals surface area contributed by atoms with Crippen LogP contribution in [0.5, 0.6) is 5.75 Å². The van der Waals surface area contributed by atoms with Crippen molar-refractivity contribution in [3.05, 3.63) is 60.1 Å². The lowest BCUT2D eigenvalue weighted by molar-refractivity contribution is 0.415. The molecule has 0 atom stereocenters. The first kappa shape index (κ1) is 17.4. The van der Waals surface area contributed by atoms with E-state index in [0.29, 0.717) is 6.54 Å². The van der Waals surface area contributed by atoms with Gasteiger partial charge in [-0.3, -0.25) is 4.57 Å². The second-order valence-electron chi connectivity index (χ2n) is 5.80. The van der Waals surface area contributed by atoms with Crippen molar-refractivity contribution in [2.75, 3.05) is 12.9 Å². The number of allylic oxidation sites excluding steroid dienone is 1. The molecule has 1 aromatic carbocycles. The zero-order valence-electron chi connectivity index (χ0n) is 14.6. The molecule has 0 fully saturated rings. The lowest BCUT2D eigenvalue weighted by atomic mass is 10.2. The largest absolute Gasteiger partial charge is 0.497 e. The summed E-state index contributed by atoms with van der Waals surface area (Å²) in [5.74, 6) is 3.32. The van der Waals surface area contributed by atoms with Gasteiger partial charge < -0.3 is 9.15 Å². The monoisotopic (exact) mass is 355 g/mol. The zero-order valence-corrected chi connectivity index (χ0v) is 15.4. The molecule has 0 radical (unpaired) electrons. The van der Waals surface area contributed by atoms with E-state index < -0.39 is 0 Å². The van der Waals surface area contributed by atoms with Crippen LogP contribution in [0.2, 0.25) is 0 Å². The van der Waals surface area contributed by atoms with Crippen LogP contribution in [0.3, 0.4) is 0 Å². The normalized spacial score (nSPS) is 10.7. The minimum absolute atomic E-state index is 0.587. The molecular formula is C19H21N3O2S. The summed E-state index contributed by atoms with van der Waals surface area (Å²) >= 11 is 1.66. The van der Waals surface area contributed by atoms with Crippen molar-refractivity contribution in [1.82, 2.24) is 14.8 Å². The van der Waals surface area contributed by atoms with Crippen LogP contribution in [0.1, 0.15) is 19.6 Å². The zero-order chi connectivity index (χ0) is 17.6. The number of hydrogen-bond acceptors (Lipinski definition) is 5. The maximum atomic E-state index is 5.52. The van der Waals surface area contributed by atoms with E-state index in [1.165, 1.54) is 5.57 Å². The predicted octanol–water partition coefficient (Wildman–Crippen LogP) is 4.65. The van der Waals surface area contributed by atoms with Gasteiger partial charge in [0, 0.05) is 11.3 Å². The fourth-order valence-corrected chi connectivity index (χ4v) is 3.33. The summed E-state index contributed by atoms with van der Waals surface area (Å²) in [6.45, 7) is 4.77. The van der Waals surface area contributed by atoms with E-state index in [9.17, 15) is 0 Å². The van der Waals surface area contributed by atoms with Crippen LogP contribution in [0, 0.1) is 0 Å². The van der Waals surface area contributed by atoms with Crippen LogP contribution < -0.4 is 4.74 Å². The summed E-state index contributed by atoms with van der Waals surface area (Å²) in [6, 6.07) is 11.7. The molecule has 6 heteroatoms. The van der Waals surface area contributed by atoms with Crippen LogP contribution in [-0.4, -0.2) is 27.6 Å². The molecule has 0 unspecified atom stereocenters. The molecule has 0 aliphatic rings. The molecule has 25 heavy (non-hydrogen) atoms. The number of ether oxygens (including phenoxy) is 1. The summed E-state index contributed by atoms with van der Waals surface area (Å²) in [4.78, 5) is 0. The quantitative estimate of drug-likeness (QED) is 0.456. The second kappa shape index (κ2) is 8.07. The number of benzene rings is 1. The summed E-state index contributed by atoms with van der Waals surface area (Å²) in [7, 11) is 1.66. The van der Waals surface area contributed by atoms with Crippen LogP contribution in [-0.2, 0) is 6.54 Å². The number of nitrogens with zero attached hydrogens (tertiary/aromatic N) is 3. The van der Waals surface area contributed by atoms with Crippen molar-refractivity contribution in [2.45, 2.75) is 25.5 Å². The third-order valence-electron chi connectivity index (χ3n) is 3.64. The smallest absolute Gasteiger partial charge is 0.192 e. The Bertz CT molecular complexity index is 849. The number of aromatic nitrogens is 3. The van der Waals surface area contributed by atoms with Gasteiger partial charge in [0.15, 0.2) is 11.0 Å². The third-order valence-corrected chi connectivity index (χ3v) is 4.54. The number of furan rings is 1. The Hall–Kier alpha value is -2.47. The van der Waals surface area contributed by atoms with Crippen LogP contribution >= 0.6 is 11.8 Å². The van der Waals surface area contributed by atoms with Gasteiger partial charge in [0.25, 0.3) is 0 Å². The number of thioether (sulfide) groups is 1. The topological polar surface area (TPSA) is 53.1 Å². The Kier molecular flexibility index (Phi) is 5.60. The van der Waals surface area contributed by atoms with Crippen molar-refractivity contribution in [2.24, 2.45) is 0 Å². The molecular weight excluding hydrogens is 334 g/mol. The second-order valence-corrected chi connectivity index (χ2v) is 6.78. The van der Waals surface area contributed by atoms with Crippen molar-refractivity contribution in [3.8, 4) is 17.1 Å². The van der Waals surface area contributed by atoms with E-state index in [4.69, 9.17) is 9.15 Å². The number of rotatable bonds is 7. The number of hydrogen-bond donors (Lipinski definition) is 0. The maximum absolute atomic E-state index is 5.52. The van der Waals surface area contributed by atoms with E-state index in [0.717, 1.165) is 33.8 Å². The van der Waals surface area contributed by atoms with Gasteiger partial charge in [-0.15, -0.1) is 10.2 Å². The molecule has 2 heterocycles. The average Bonchev–Trinajstić information content (AvgIpc) is 3.26. The Morgan fingerprint density at radius 2 is 2.12 bits per heavy atom. The van der Waals surface area contributed by atoms with Crippen LogP contribution in [0.25, 0.3) is 11.4 Å². The average molecular weight is 355 g/mol. The van der Waals surface area contributed by atoms with Gasteiger partial charge in [-0.2, -0.15) is 0 Å². The van der Waals surface area contributed by atoms with E-state index in [1.807, 2.05) is 36.4 Å². The molecule has 0 amide bonds. The Morgan fingerprint density at radius 1 is 1.24 bits per heavy atom. The van der Waals surface area contributed by atoms with E-state index in [2.05, 4.69) is 34.7 Å². The summed E-state index contributed by atoms with van der Waals surface area (Å²) < 4.78 is 12.9. The maximum Gasteiger partial charge on any atom is 0.192 e. The molecule has 3 aromatic rings. The molecule has 5 nitrogen and oxygen atoms in total. The Labute approximate surface area is 151 Å². The van der Waals surface area contributed by atoms with Gasteiger partial charge in [0.1, 0.15) is 11.5 Å². The minimum Gasteiger partial charge on any atom is -0.497 e. The van der Waals surface area contributed by atoms with Gasteiger partial charge >= 0.3 is 0 Å². The highest BCUT2D eigenvalue weighted by Crippen LogP contribution is 2.27. The molecule has 0 spiro atoms.